The highest BCUT2D eigenvalue weighted by Crippen LogP contribution is 2.27. The van der Waals surface area contributed by atoms with Gasteiger partial charge in [-0.2, -0.15) is 4.31 Å². The summed E-state index contributed by atoms with van der Waals surface area (Å²) in [6.45, 7) is 4.81. The molecule has 0 bridgehead atoms. The standard InChI is InChI=1S/C25H28N2O2S/c1-21-9-8-14-25(17-21)30(28,29)27(19-23-12-6-3-7-13-23)24-15-16-26(20-24)18-22-10-4-2-5-11-22/h2-14,17,24H,15-16,18-20H2,1H3. The van der Waals surface area contributed by atoms with E-state index in [1.54, 1.807) is 16.4 Å². The van der Waals surface area contributed by atoms with Gasteiger partial charge in [0.05, 0.1) is 4.90 Å². The summed E-state index contributed by atoms with van der Waals surface area (Å²) in [6.07, 6.45) is 0.838. The van der Waals surface area contributed by atoms with Crippen LogP contribution in [-0.2, 0) is 23.1 Å². The minimum absolute atomic E-state index is 0.0422. The maximum Gasteiger partial charge on any atom is 0.243 e. The van der Waals surface area contributed by atoms with Crippen molar-refractivity contribution in [3.63, 3.8) is 0 Å². The Bertz CT molecular complexity index is 1070. The van der Waals surface area contributed by atoms with Crippen molar-refractivity contribution in [1.29, 1.82) is 0 Å². The van der Waals surface area contributed by atoms with Crippen molar-refractivity contribution < 1.29 is 8.42 Å². The predicted octanol–water partition coefficient (Wildman–Crippen LogP) is 4.46. The van der Waals surface area contributed by atoms with Crippen LogP contribution in [0.3, 0.4) is 0 Å². The van der Waals surface area contributed by atoms with Crippen LogP contribution in [0.25, 0.3) is 0 Å². The van der Waals surface area contributed by atoms with Crippen molar-refractivity contribution in [2.45, 2.75) is 37.4 Å². The van der Waals surface area contributed by atoms with E-state index >= 15 is 0 Å². The fourth-order valence-corrected chi connectivity index (χ4v) is 5.86. The van der Waals surface area contributed by atoms with Gasteiger partial charge in [0.25, 0.3) is 0 Å². The Balaban J connectivity index is 1.59. The van der Waals surface area contributed by atoms with Crippen LogP contribution in [0.2, 0.25) is 0 Å². The molecule has 5 heteroatoms. The average Bonchev–Trinajstić information content (AvgIpc) is 3.21. The zero-order valence-electron chi connectivity index (χ0n) is 17.3. The lowest BCUT2D eigenvalue weighted by Gasteiger charge is -2.29. The summed E-state index contributed by atoms with van der Waals surface area (Å²) in [6, 6.07) is 27.4. The first-order valence-electron chi connectivity index (χ1n) is 10.4. The highest BCUT2D eigenvalue weighted by molar-refractivity contribution is 7.89. The maximum atomic E-state index is 13.6. The first kappa shape index (κ1) is 20.8. The lowest BCUT2D eigenvalue weighted by Crippen LogP contribution is -2.41. The summed E-state index contributed by atoms with van der Waals surface area (Å²) in [7, 11) is -3.59. The second kappa shape index (κ2) is 9.13. The van der Waals surface area contributed by atoms with Crippen molar-refractivity contribution in [2.24, 2.45) is 0 Å². The number of nitrogens with zero attached hydrogens (tertiary/aromatic N) is 2. The van der Waals surface area contributed by atoms with Gasteiger partial charge in [-0.05, 0) is 42.2 Å². The lowest BCUT2D eigenvalue weighted by molar-refractivity contribution is 0.276. The molecule has 0 amide bonds. The number of hydrogen-bond donors (Lipinski definition) is 0. The molecule has 30 heavy (non-hydrogen) atoms. The SMILES string of the molecule is Cc1cccc(S(=O)(=O)N(Cc2ccccc2)C2CCN(Cc3ccccc3)C2)c1. The van der Waals surface area contributed by atoms with Crippen molar-refractivity contribution in [1.82, 2.24) is 9.21 Å². The van der Waals surface area contributed by atoms with Gasteiger partial charge in [-0.25, -0.2) is 8.42 Å². The molecule has 4 nitrogen and oxygen atoms in total. The third kappa shape index (κ3) is 4.81. The monoisotopic (exact) mass is 420 g/mol. The van der Waals surface area contributed by atoms with Gasteiger partial charge in [0.1, 0.15) is 0 Å². The van der Waals surface area contributed by atoms with Crippen LogP contribution in [0.15, 0.2) is 89.8 Å². The van der Waals surface area contributed by atoms with E-state index in [0.717, 1.165) is 37.2 Å². The Kier molecular flexibility index (Phi) is 6.32. The third-order valence-corrected chi connectivity index (χ3v) is 7.58. The minimum Gasteiger partial charge on any atom is -0.297 e. The second-order valence-corrected chi connectivity index (χ2v) is 9.91. The van der Waals surface area contributed by atoms with Gasteiger partial charge in [0.15, 0.2) is 0 Å². The van der Waals surface area contributed by atoms with Gasteiger partial charge in [0, 0.05) is 32.2 Å². The van der Waals surface area contributed by atoms with E-state index in [1.807, 2.05) is 67.6 Å². The van der Waals surface area contributed by atoms with E-state index in [1.165, 1.54) is 5.56 Å². The molecule has 1 atom stereocenters. The van der Waals surface area contributed by atoms with Gasteiger partial charge in [-0.15, -0.1) is 0 Å². The Morgan fingerprint density at radius 1 is 0.900 bits per heavy atom. The van der Waals surface area contributed by atoms with Crippen LogP contribution in [-0.4, -0.2) is 36.8 Å². The smallest absolute Gasteiger partial charge is 0.243 e. The fraction of sp³-hybridized carbons (Fsp3) is 0.280. The fourth-order valence-electron chi connectivity index (χ4n) is 4.12. The lowest BCUT2D eigenvalue weighted by atomic mass is 10.2. The van der Waals surface area contributed by atoms with Gasteiger partial charge in [-0.3, -0.25) is 4.90 Å². The molecule has 1 heterocycles. The van der Waals surface area contributed by atoms with Gasteiger partial charge in [0.2, 0.25) is 10.0 Å². The van der Waals surface area contributed by atoms with Crippen LogP contribution >= 0.6 is 0 Å². The summed E-state index contributed by atoms with van der Waals surface area (Å²) in [5.74, 6) is 0. The number of rotatable bonds is 7. The van der Waals surface area contributed by atoms with Gasteiger partial charge in [-0.1, -0.05) is 72.8 Å². The summed E-state index contributed by atoms with van der Waals surface area (Å²) in [4.78, 5) is 2.73. The van der Waals surface area contributed by atoms with Crippen molar-refractivity contribution in [3.05, 3.63) is 102 Å². The molecule has 1 aliphatic rings. The Morgan fingerprint density at radius 3 is 2.23 bits per heavy atom. The molecule has 1 fully saturated rings. The predicted molar refractivity (Wildman–Crippen MR) is 120 cm³/mol. The highest BCUT2D eigenvalue weighted by atomic mass is 32.2. The molecule has 0 spiro atoms. The summed E-state index contributed by atoms with van der Waals surface area (Å²) >= 11 is 0. The van der Waals surface area contributed by atoms with E-state index < -0.39 is 10.0 Å². The van der Waals surface area contributed by atoms with E-state index in [2.05, 4.69) is 17.0 Å². The molecule has 0 N–H and O–H groups in total. The van der Waals surface area contributed by atoms with Crippen molar-refractivity contribution >= 4 is 10.0 Å². The van der Waals surface area contributed by atoms with Crippen molar-refractivity contribution in [3.8, 4) is 0 Å². The van der Waals surface area contributed by atoms with E-state index in [9.17, 15) is 8.42 Å². The second-order valence-electron chi connectivity index (χ2n) is 8.02. The van der Waals surface area contributed by atoms with E-state index in [0.29, 0.717) is 11.4 Å². The number of likely N-dealkylation sites (tertiary alicyclic amines) is 1. The molecule has 3 aromatic carbocycles. The summed E-state index contributed by atoms with van der Waals surface area (Å²) in [5.41, 5.74) is 3.22. The third-order valence-electron chi connectivity index (χ3n) is 5.68. The number of sulfonamides is 1. The minimum atomic E-state index is -3.59. The molecule has 0 saturated carbocycles. The number of hydrogen-bond acceptors (Lipinski definition) is 3. The molecule has 1 unspecified atom stereocenters. The van der Waals surface area contributed by atoms with Crippen molar-refractivity contribution in [2.75, 3.05) is 13.1 Å². The first-order valence-corrected chi connectivity index (χ1v) is 11.8. The van der Waals surface area contributed by atoms with E-state index in [4.69, 9.17) is 0 Å². The molecule has 1 saturated heterocycles. The van der Waals surface area contributed by atoms with Crippen LogP contribution in [0.1, 0.15) is 23.1 Å². The summed E-state index contributed by atoms with van der Waals surface area (Å²) in [5, 5.41) is 0. The van der Waals surface area contributed by atoms with Crippen LogP contribution in [0, 0.1) is 6.92 Å². The maximum absolute atomic E-state index is 13.6. The zero-order chi connectivity index (χ0) is 21.0. The molecule has 156 valence electrons. The quantitative estimate of drug-likeness (QED) is 0.567. The van der Waals surface area contributed by atoms with Crippen LogP contribution < -0.4 is 0 Å². The largest absolute Gasteiger partial charge is 0.297 e. The zero-order valence-corrected chi connectivity index (χ0v) is 18.1. The molecule has 0 aliphatic carbocycles. The van der Waals surface area contributed by atoms with Crippen LogP contribution in [0.5, 0.6) is 0 Å². The normalized spacial score (nSPS) is 17.5. The van der Waals surface area contributed by atoms with E-state index in [-0.39, 0.29) is 6.04 Å². The molecule has 3 aromatic rings. The summed E-state index contributed by atoms with van der Waals surface area (Å²) < 4.78 is 29.0. The van der Waals surface area contributed by atoms with Gasteiger partial charge < -0.3 is 0 Å². The molecular weight excluding hydrogens is 392 g/mol. The molecule has 4 rings (SSSR count). The topological polar surface area (TPSA) is 40.6 Å². The Morgan fingerprint density at radius 2 is 1.57 bits per heavy atom. The highest BCUT2D eigenvalue weighted by Gasteiger charge is 2.36. The molecular formula is C25H28N2O2S. The number of benzene rings is 3. The molecule has 0 aromatic heterocycles. The Labute approximate surface area is 179 Å². The molecule has 1 aliphatic heterocycles. The Hall–Kier alpha value is -2.47. The number of aryl methyl sites for hydroxylation is 1. The van der Waals surface area contributed by atoms with Crippen LogP contribution in [0.4, 0.5) is 0 Å². The molecule has 0 radical (unpaired) electrons. The first-order chi connectivity index (χ1) is 14.5. The average molecular weight is 421 g/mol. The van der Waals surface area contributed by atoms with Gasteiger partial charge >= 0.3 is 0 Å².